The fourth-order valence-corrected chi connectivity index (χ4v) is 0.721. The van der Waals surface area contributed by atoms with Gasteiger partial charge in [-0.15, -0.1) is 0 Å². The summed E-state index contributed by atoms with van der Waals surface area (Å²) in [6, 6.07) is -0.123. The predicted molar refractivity (Wildman–Crippen MR) is 50.0 cm³/mol. The molecular weight excluding hydrogens is 154 g/mol. The van der Waals surface area contributed by atoms with Crippen LogP contribution in [0.1, 0.15) is 27.2 Å². The highest BCUT2D eigenvalue weighted by molar-refractivity contribution is 5.73. The SMILES string of the molecule is CCNC(=O)NCCC(C)(C)N. The van der Waals surface area contributed by atoms with E-state index >= 15 is 0 Å². The Balaban J connectivity index is 3.37. The van der Waals surface area contributed by atoms with Gasteiger partial charge in [-0.3, -0.25) is 0 Å². The topological polar surface area (TPSA) is 67.2 Å². The van der Waals surface area contributed by atoms with Crippen molar-refractivity contribution in [3.8, 4) is 0 Å². The summed E-state index contributed by atoms with van der Waals surface area (Å²) in [6.45, 7) is 7.03. The van der Waals surface area contributed by atoms with E-state index in [-0.39, 0.29) is 11.6 Å². The molecule has 0 aromatic heterocycles. The fraction of sp³-hybridized carbons (Fsp3) is 0.875. The van der Waals surface area contributed by atoms with Crippen molar-refractivity contribution in [2.45, 2.75) is 32.7 Å². The second-order valence-corrected chi connectivity index (χ2v) is 3.52. The van der Waals surface area contributed by atoms with Crippen LogP contribution >= 0.6 is 0 Å². The first-order valence-corrected chi connectivity index (χ1v) is 4.26. The Hall–Kier alpha value is -0.770. The van der Waals surface area contributed by atoms with Crippen molar-refractivity contribution in [2.75, 3.05) is 13.1 Å². The average molecular weight is 173 g/mol. The van der Waals surface area contributed by atoms with Crippen molar-refractivity contribution < 1.29 is 4.79 Å². The third kappa shape index (κ3) is 7.34. The molecule has 0 aromatic rings. The second kappa shape index (κ2) is 4.98. The summed E-state index contributed by atoms with van der Waals surface area (Å²) in [5, 5.41) is 5.35. The minimum absolute atomic E-state index is 0.123. The highest BCUT2D eigenvalue weighted by Crippen LogP contribution is 2.00. The smallest absolute Gasteiger partial charge is 0.314 e. The van der Waals surface area contributed by atoms with E-state index in [9.17, 15) is 4.79 Å². The van der Waals surface area contributed by atoms with Crippen LogP contribution in [0.25, 0.3) is 0 Å². The van der Waals surface area contributed by atoms with Crippen molar-refractivity contribution in [3.05, 3.63) is 0 Å². The molecule has 4 nitrogen and oxygen atoms in total. The number of nitrogens with one attached hydrogen (secondary N) is 2. The minimum Gasteiger partial charge on any atom is -0.338 e. The monoisotopic (exact) mass is 173 g/mol. The molecule has 12 heavy (non-hydrogen) atoms. The van der Waals surface area contributed by atoms with Crippen molar-refractivity contribution in [1.29, 1.82) is 0 Å². The molecule has 0 saturated carbocycles. The normalized spacial score (nSPS) is 11.0. The molecule has 72 valence electrons. The van der Waals surface area contributed by atoms with Crippen LogP contribution in [-0.4, -0.2) is 24.7 Å². The summed E-state index contributed by atoms with van der Waals surface area (Å²) < 4.78 is 0. The zero-order chi connectivity index (χ0) is 9.61. The van der Waals surface area contributed by atoms with Crippen LogP contribution in [0.15, 0.2) is 0 Å². The first kappa shape index (κ1) is 11.2. The quantitative estimate of drug-likeness (QED) is 0.577. The van der Waals surface area contributed by atoms with Crippen LogP contribution in [0.3, 0.4) is 0 Å². The fourth-order valence-electron chi connectivity index (χ4n) is 0.721. The Morgan fingerprint density at radius 2 is 2.00 bits per heavy atom. The zero-order valence-electron chi connectivity index (χ0n) is 8.11. The number of carbonyl (C=O) groups is 1. The van der Waals surface area contributed by atoms with E-state index in [4.69, 9.17) is 5.73 Å². The number of amides is 2. The van der Waals surface area contributed by atoms with Crippen molar-refractivity contribution in [2.24, 2.45) is 5.73 Å². The van der Waals surface area contributed by atoms with Gasteiger partial charge in [0.25, 0.3) is 0 Å². The standard InChI is InChI=1S/C8H19N3O/c1-4-10-7(12)11-6-5-8(2,3)9/h4-6,9H2,1-3H3,(H2,10,11,12). The Kier molecular flexibility index (Phi) is 4.66. The number of nitrogens with two attached hydrogens (primary N) is 1. The average Bonchev–Trinajstić information content (AvgIpc) is 1.84. The van der Waals surface area contributed by atoms with Gasteiger partial charge in [-0.05, 0) is 27.2 Å². The van der Waals surface area contributed by atoms with Crippen LogP contribution in [-0.2, 0) is 0 Å². The Morgan fingerprint density at radius 3 is 2.42 bits per heavy atom. The molecule has 4 heteroatoms. The van der Waals surface area contributed by atoms with E-state index in [1.54, 1.807) is 0 Å². The molecule has 0 aromatic carbocycles. The predicted octanol–water partition coefficient (Wildman–Crippen LogP) is 0.433. The highest BCUT2D eigenvalue weighted by atomic mass is 16.2. The molecule has 0 aliphatic rings. The van der Waals surface area contributed by atoms with E-state index in [0.29, 0.717) is 13.1 Å². The largest absolute Gasteiger partial charge is 0.338 e. The highest BCUT2D eigenvalue weighted by Gasteiger charge is 2.09. The minimum atomic E-state index is -0.209. The molecule has 0 rings (SSSR count). The molecule has 2 amide bonds. The van der Waals surface area contributed by atoms with Crippen LogP contribution < -0.4 is 16.4 Å². The van der Waals surface area contributed by atoms with Gasteiger partial charge < -0.3 is 16.4 Å². The van der Waals surface area contributed by atoms with Gasteiger partial charge in [-0.1, -0.05) is 0 Å². The summed E-state index contributed by atoms with van der Waals surface area (Å²) in [5.74, 6) is 0. The Labute approximate surface area is 73.9 Å². The van der Waals surface area contributed by atoms with Crippen LogP contribution in [0.4, 0.5) is 4.79 Å². The van der Waals surface area contributed by atoms with E-state index in [1.165, 1.54) is 0 Å². The van der Waals surface area contributed by atoms with Crippen molar-refractivity contribution >= 4 is 6.03 Å². The lowest BCUT2D eigenvalue weighted by Crippen LogP contribution is -2.40. The number of hydrogen-bond acceptors (Lipinski definition) is 2. The molecule has 0 bridgehead atoms. The molecule has 0 saturated heterocycles. The van der Waals surface area contributed by atoms with Gasteiger partial charge >= 0.3 is 6.03 Å². The first-order valence-electron chi connectivity index (χ1n) is 4.26. The Morgan fingerprint density at radius 1 is 1.42 bits per heavy atom. The summed E-state index contributed by atoms with van der Waals surface area (Å²) >= 11 is 0. The molecule has 0 unspecified atom stereocenters. The lowest BCUT2D eigenvalue weighted by molar-refractivity contribution is 0.240. The molecule has 0 atom stereocenters. The van der Waals surface area contributed by atoms with Gasteiger partial charge in [0, 0.05) is 18.6 Å². The summed E-state index contributed by atoms with van der Waals surface area (Å²) in [6.07, 6.45) is 0.782. The van der Waals surface area contributed by atoms with Gasteiger partial charge in [0.15, 0.2) is 0 Å². The summed E-state index contributed by atoms with van der Waals surface area (Å²) in [4.78, 5) is 10.9. The molecule has 0 aliphatic heterocycles. The molecule has 0 spiro atoms. The summed E-state index contributed by atoms with van der Waals surface area (Å²) in [5.41, 5.74) is 5.52. The Bertz CT molecular complexity index is 140. The third-order valence-electron chi connectivity index (χ3n) is 1.39. The van der Waals surface area contributed by atoms with E-state index < -0.39 is 0 Å². The molecule has 4 N–H and O–H groups in total. The van der Waals surface area contributed by atoms with E-state index in [2.05, 4.69) is 10.6 Å². The van der Waals surface area contributed by atoms with E-state index in [0.717, 1.165) is 6.42 Å². The number of hydrogen-bond donors (Lipinski definition) is 3. The van der Waals surface area contributed by atoms with Gasteiger partial charge in [-0.2, -0.15) is 0 Å². The lowest BCUT2D eigenvalue weighted by Gasteiger charge is -2.18. The molecule has 0 aliphatic carbocycles. The zero-order valence-corrected chi connectivity index (χ0v) is 8.11. The third-order valence-corrected chi connectivity index (χ3v) is 1.39. The van der Waals surface area contributed by atoms with Crippen LogP contribution in [0, 0.1) is 0 Å². The molecular formula is C8H19N3O. The maximum absolute atomic E-state index is 10.9. The number of rotatable bonds is 4. The number of carbonyl (C=O) groups excluding carboxylic acids is 1. The van der Waals surface area contributed by atoms with Crippen LogP contribution in [0.2, 0.25) is 0 Å². The number of urea groups is 1. The van der Waals surface area contributed by atoms with Crippen molar-refractivity contribution in [3.63, 3.8) is 0 Å². The van der Waals surface area contributed by atoms with Gasteiger partial charge in [0.2, 0.25) is 0 Å². The molecule has 0 radical (unpaired) electrons. The maximum Gasteiger partial charge on any atom is 0.314 e. The first-order chi connectivity index (χ1) is 5.45. The summed E-state index contributed by atoms with van der Waals surface area (Å²) in [7, 11) is 0. The molecule has 0 heterocycles. The van der Waals surface area contributed by atoms with Gasteiger partial charge in [0.05, 0.1) is 0 Å². The van der Waals surface area contributed by atoms with Gasteiger partial charge in [0.1, 0.15) is 0 Å². The maximum atomic E-state index is 10.9. The molecule has 0 fully saturated rings. The van der Waals surface area contributed by atoms with Crippen LogP contribution in [0.5, 0.6) is 0 Å². The second-order valence-electron chi connectivity index (χ2n) is 3.52. The van der Waals surface area contributed by atoms with Crippen molar-refractivity contribution in [1.82, 2.24) is 10.6 Å². The van der Waals surface area contributed by atoms with E-state index in [1.807, 2.05) is 20.8 Å². The lowest BCUT2D eigenvalue weighted by atomic mass is 10.0. The van der Waals surface area contributed by atoms with Gasteiger partial charge in [-0.25, -0.2) is 4.79 Å².